The molecule has 5 heteroatoms. The predicted molar refractivity (Wildman–Crippen MR) is 117 cm³/mol. The van der Waals surface area contributed by atoms with Gasteiger partial charge in [0.25, 0.3) is 0 Å². The molecule has 2 aromatic rings. The lowest BCUT2D eigenvalue weighted by molar-refractivity contribution is -0.122. The van der Waals surface area contributed by atoms with E-state index in [0.717, 1.165) is 56.8 Å². The highest BCUT2D eigenvalue weighted by Gasteiger charge is 2.21. The number of nitrogens with one attached hydrogen (secondary N) is 1. The monoisotopic (exact) mass is 406 g/mol. The number of nitrogens with zero attached hydrogens (tertiary/aromatic N) is 1. The Morgan fingerprint density at radius 3 is 2.53 bits per heavy atom. The van der Waals surface area contributed by atoms with Crippen LogP contribution in [0.5, 0.6) is 0 Å². The number of hydrogen-bond acceptors (Lipinski definition) is 4. The highest BCUT2D eigenvalue weighted by Crippen LogP contribution is 2.23. The summed E-state index contributed by atoms with van der Waals surface area (Å²) in [6.07, 6.45) is 3.78. The van der Waals surface area contributed by atoms with Crippen LogP contribution in [-0.4, -0.2) is 49.4 Å². The first-order valence-electron chi connectivity index (χ1n) is 11.0. The van der Waals surface area contributed by atoms with Crippen LogP contribution in [0.25, 0.3) is 0 Å². The lowest BCUT2D eigenvalue weighted by Gasteiger charge is -2.31. The number of ether oxygens (including phenoxy) is 1. The SMILES string of the molecule is O=C(CCC(=O)c1ccc2c(c1)CCC2)NC(CN1CCOCC1)c1ccccc1. The number of morpholine rings is 1. The molecule has 30 heavy (non-hydrogen) atoms. The van der Waals surface area contributed by atoms with E-state index < -0.39 is 0 Å². The van der Waals surface area contributed by atoms with E-state index in [-0.39, 0.29) is 30.6 Å². The lowest BCUT2D eigenvalue weighted by Crippen LogP contribution is -2.43. The van der Waals surface area contributed by atoms with E-state index in [1.807, 2.05) is 42.5 Å². The van der Waals surface area contributed by atoms with Gasteiger partial charge < -0.3 is 10.1 Å². The minimum atomic E-state index is -0.0908. The molecule has 2 aromatic carbocycles. The number of hydrogen-bond donors (Lipinski definition) is 1. The minimum absolute atomic E-state index is 0.0456. The molecule has 1 N–H and O–H groups in total. The molecule has 0 radical (unpaired) electrons. The van der Waals surface area contributed by atoms with Crippen molar-refractivity contribution in [3.63, 3.8) is 0 Å². The van der Waals surface area contributed by atoms with Gasteiger partial charge in [-0.3, -0.25) is 14.5 Å². The van der Waals surface area contributed by atoms with Gasteiger partial charge in [0.05, 0.1) is 19.3 Å². The summed E-state index contributed by atoms with van der Waals surface area (Å²) in [5.41, 5.74) is 4.47. The van der Waals surface area contributed by atoms with Crippen molar-refractivity contribution in [3.05, 3.63) is 70.8 Å². The fraction of sp³-hybridized carbons (Fsp3) is 0.440. The van der Waals surface area contributed by atoms with Gasteiger partial charge in [0.2, 0.25) is 5.91 Å². The van der Waals surface area contributed by atoms with Crippen LogP contribution in [0.15, 0.2) is 48.5 Å². The zero-order valence-corrected chi connectivity index (χ0v) is 17.4. The van der Waals surface area contributed by atoms with Gasteiger partial charge in [0.15, 0.2) is 5.78 Å². The molecule has 1 aliphatic heterocycles. The van der Waals surface area contributed by atoms with Crippen molar-refractivity contribution < 1.29 is 14.3 Å². The number of aryl methyl sites for hydroxylation is 2. The summed E-state index contributed by atoms with van der Waals surface area (Å²) in [4.78, 5) is 27.6. The van der Waals surface area contributed by atoms with E-state index in [9.17, 15) is 9.59 Å². The minimum Gasteiger partial charge on any atom is -0.379 e. The molecule has 2 aliphatic rings. The van der Waals surface area contributed by atoms with Gasteiger partial charge >= 0.3 is 0 Å². The molecular weight excluding hydrogens is 376 g/mol. The van der Waals surface area contributed by atoms with Crippen molar-refractivity contribution in [2.75, 3.05) is 32.8 Å². The Kier molecular flexibility index (Phi) is 6.92. The van der Waals surface area contributed by atoms with E-state index >= 15 is 0 Å². The average Bonchev–Trinajstić information content (AvgIpc) is 3.26. The van der Waals surface area contributed by atoms with Crippen LogP contribution in [0.3, 0.4) is 0 Å². The van der Waals surface area contributed by atoms with Crippen molar-refractivity contribution in [3.8, 4) is 0 Å². The third kappa shape index (κ3) is 5.35. The topological polar surface area (TPSA) is 58.6 Å². The number of rotatable bonds is 8. The van der Waals surface area contributed by atoms with Crippen molar-refractivity contribution in [2.24, 2.45) is 0 Å². The Bertz CT molecular complexity index is 875. The number of carbonyl (C=O) groups is 2. The zero-order chi connectivity index (χ0) is 20.8. The summed E-state index contributed by atoms with van der Waals surface area (Å²) in [5, 5.41) is 3.16. The first kappa shape index (κ1) is 20.8. The van der Waals surface area contributed by atoms with E-state index in [4.69, 9.17) is 4.74 Å². The quantitative estimate of drug-likeness (QED) is 0.683. The Hall–Kier alpha value is -2.50. The van der Waals surface area contributed by atoms with Crippen LogP contribution in [0.4, 0.5) is 0 Å². The standard InChI is InChI=1S/C25H30N2O3/c28-24(22-10-9-19-7-4-8-21(19)17-22)11-12-25(29)26-23(20-5-2-1-3-6-20)18-27-13-15-30-16-14-27/h1-3,5-6,9-10,17,23H,4,7-8,11-16,18H2,(H,26,29). The molecule has 4 rings (SSSR count). The maximum atomic E-state index is 12.7. The van der Waals surface area contributed by atoms with Crippen LogP contribution >= 0.6 is 0 Å². The van der Waals surface area contributed by atoms with Crippen LogP contribution < -0.4 is 5.32 Å². The molecule has 1 amide bonds. The number of carbonyl (C=O) groups excluding carboxylic acids is 2. The Labute approximate surface area is 178 Å². The molecule has 1 unspecified atom stereocenters. The molecule has 1 heterocycles. The van der Waals surface area contributed by atoms with E-state index in [1.165, 1.54) is 17.5 Å². The van der Waals surface area contributed by atoms with Gasteiger partial charge in [-0.2, -0.15) is 0 Å². The third-order valence-electron chi connectivity index (χ3n) is 6.08. The van der Waals surface area contributed by atoms with Crippen LogP contribution in [0.2, 0.25) is 0 Å². The zero-order valence-electron chi connectivity index (χ0n) is 17.4. The van der Waals surface area contributed by atoms with E-state index in [0.29, 0.717) is 0 Å². The van der Waals surface area contributed by atoms with Crippen molar-refractivity contribution in [1.29, 1.82) is 0 Å². The fourth-order valence-electron chi connectivity index (χ4n) is 4.34. The van der Waals surface area contributed by atoms with Gasteiger partial charge in [0.1, 0.15) is 0 Å². The highest BCUT2D eigenvalue weighted by molar-refractivity contribution is 5.98. The van der Waals surface area contributed by atoms with Crippen LogP contribution in [-0.2, 0) is 22.4 Å². The summed E-state index contributed by atoms with van der Waals surface area (Å²) in [7, 11) is 0. The molecule has 1 fully saturated rings. The molecule has 0 bridgehead atoms. The molecule has 1 saturated heterocycles. The Balaban J connectivity index is 1.34. The normalized spacial score (nSPS) is 17.3. The Morgan fingerprint density at radius 2 is 1.73 bits per heavy atom. The summed E-state index contributed by atoms with van der Waals surface area (Å²) in [5.74, 6) is -0.0316. The first-order chi connectivity index (χ1) is 14.7. The lowest BCUT2D eigenvalue weighted by atomic mass is 10.0. The van der Waals surface area contributed by atoms with E-state index in [1.54, 1.807) is 0 Å². The summed E-state index contributed by atoms with van der Waals surface area (Å²) in [6, 6.07) is 16.0. The van der Waals surface area contributed by atoms with Crippen molar-refractivity contribution in [1.82, 2.24) is 10.2 Å². The van der Waals surface area contributed by atoms with E-state index in [2.05, 4.69) is 16.3 Å². The first-order valence-corrected chi connectivity index (χ1v) is 11.0. The largest absolute Gasteiger partial charge is 0.379 e. The van der Waals surface area contributed by atoms with Crippen LogP contribution in [0.1, 0.15) is 52.4 Å². The van der Waals surface area contributed by atoms with Gasteiger partial charge in [-0.05, 0) is 42.0 Å². The smallest absolute Gasteiger partial charge is 0.220 e. The number of fused-ring (bicyclic) bond motifs is 1. The van der Waals surface area contributed by atoms with Gasteiger partial charge in [-0.25, -0.2) is 0 Å². The molecule has 1 atom stereocenters. The second-order valence-electron chi connectivity index (χ2n) is 8.20. The molecule has 1 aliphatic carbocycles. The second kappa shape index (κ2) is 10.0. The van der Waals surface area contributed by atoms with Gasteiger partial charge in [-0.15, -0.1) is 0 Å². The summed E-state index contributed by atoms with van der Waals surface area (Å²) < 4.78 is 5.44. The molecule has 5 nitrogen and oxygen atoms in total. The fourth-order valence-corrected chi connectivity index (χ4v) is 4.34. The van der Waals surface area contributed by atoms with Crippen molar-refractivity contribution >= 4 is 11.7 Å². The maximum Gasteiger partial charge on any atom is 0.220 e. The molecular formula is C25H30N2O3. The van der Waals surface area contributed by atoms with Gasteiger partial charge in [-0.1, -0.05) is 42.5 Å². The number of amides is 1. The second-order valence-corrected chi connectivity index (χ2v) is 8.20. The number of Topliss-reactive ketones (excluding diaryl/α,β-unsaturated/α-hetero) is 1. The summed E-state index contributed by atoms with van der Waals surface area (Å²) in [6.45, 7) is 3.94. The third-order valence-corrected chi connectivity index (χ3v) is 6.08. The average molecular weight is 407 g/mol. The Morgan fingerprint density at radius 1 is 0.967 bits per heavy atom. The summed E-state index contributed by atoms with van der Waals surface area (Å²) >= 11 is 0. The maximum absolute atomic E-state index is 12.7. The van der Waals surface area contributed by atoms with Crippen molar-refractivity contribution in [2.45, 2.75) is 38.1 Å². The molecule has 158 valence electrons. The number of benzene rings is 2. The highest BCUT2D eigenvalue weighted by atomic mass is 16.5. The molecule has 0 aromatic heterocycles. The number of ketones is 1. The van der Waals surface area contributed by atoms with Crippen LogP contribution in [0, 0.1) is 0 Å². The molecule has 0 saturated carbocycles. The van der Waals surface area contributed by atoms with Gasteiger partial charge in [0, 0.05) is 38.0 Å². The molecule has 0 spiro atoms. The predicted octanol–water partition coefficient (Wildman–Crippen LogP) is 3.33.